The fourth-order valence-electron chi connectivity index (χ4n) is 5.32. The van der Waals surface area contributed by atoms with E-state index in [1.54, 1.807) is 18.2 Å². The lowest BCUT2D eigenvalue weighted by atomic mass is 9.67. The average molecular weight is 392 g/mol. The number of benzene rings is 1. The monoisotopic (exact) mass is 392 g/mol. The molecule has 1 atom stereocenters. The SMILES string of the molecule is C=CC(C(=O)O)C1CCC(C2CCC(c3ccc(OC(F)F)cc3)CC2)CC1. The lowest BCUT2D eigenvalue weighted by Gasteiger charge is -2.38. The molecule has 2 aliphatic carbocycles. The van der Waals surface area contributed by atoms with Crippen molar-refractivity contribution in [1.29, 1.82) is 0 Å². The van der Waals surface area contributed by atoms with E-state index in [4.69, 9.17) is 0 Å². The second-order valence-corrected chi connectivity index (χ2v) is 8.33. The maximum Gasteiger partial charge on any atom is 0.387 e. The first-order valence-corrected chi connectivity index (χ1v) is 10.4. The number of halogens is 2. The van der Waals surface area contributed by atoms with Crippen molar-refractivity contribution in [2.45, 2.75) is 63.9 Å². The van der Waals surface area contributed by atoms with Gasteiger partial charge in [0.1, 0.15) is 5.75 Å². The number of hydrogen-bond donors (Lipinski definition) is 1. The Hall–Kier alpha value is -1.91. The lowest BCUT2D eigenvalue weighted by molar-refractivity contribution is -0.142. The Bertz CT molecular complexity index is 642. The van der Waals surface area contributed by atoms with E-state index in [1.165, 1.54) is 18.4 Å². The summed E-state index contributed by atoms with van der Waals surface area (Å²) in [6.45, 7) is 0.913. The molecule has 0 aromatic heterocycles. The van der Waals surface area contributed by atoms with Crippen molar-refractivity contribution in [2.24, 2.45) is 23.7 Å². The van der Waals surface area contributed by atoms with Gasteiger partial charge >= 0.3 is 12.6 Å². The van der Waals surface area contributed by atoms with Gasteiger partial charge in [0.25, 0.3) is 0 Å². The van der Waals surface area contributed by atoms with Gasteiger partial charge < -0.3 is 9.84 Å². The molecule has 0 amide bonds. The number of hydrogen-bond acceptors (Lipinski definition) is 2. The van der Waals surface area contributed by atoms with Crippen LogP contribution in [0.25, 0.3) is 0 Å². The van der Waals surface area contributed by atoms with Crippen LogP contribution in [0.5, 0.6) is 5.75 Å². The van der Waals surface area contributed by atoms with Crippen molar-refractivity contribution < 1.29 is 23.4 Å². The van der Waals surface area contributed by atoms with Gasteiger partial charge in [-0.05, 0) is 92.7 Å². The predicted molar refractivity (Wildman–Crippen MR) is 105 cm³/mol. The van der Waals surface area contributed by atoms with E-state index in [2.05, 4.69) is 11.3 Å². The van der Waals surface area contributed by atoms with Crippen LogP contribution < -0.4 is 4.74 Å². The number of aliphatic carboxylic acids is 1. The van der Waals surface area contributed by atoms with E-state index in [1.807, 2.05) is 12.1 Å². The topological polar surface area (TPSA) is 46.5 Å². The summed E-state index contributed by atoms with van der Waals surface area (Å²) >= 11 is 0. The fourth-order valence-corrected chi connectivity index (χ4v) is 5.32. The second-order valence-electron chi connectivity index (χ2n) is 8.33. The molecule has 2 saturated carbocycles. The minimum atomic E-state index is -2.78. The summed E-state index contributed by atoms with van der Waals surface area (Å²) < 4.78 is 29.0. The van der Waals surface area contributed by atoms with E-state index in [-0.39, 0.29) is 11.7 Å². The third-order valence-electron chi connectivity index (χ3n) is 6.88. The Morgan fingerprint density at radius 3 is 2.00 bits per heavy atom. The van der Waals surface area contributed by atoms with Crippen LogP contribution in [0.1, 0.15) is 62.8 Å². The molecule has 0 bridgehead atoms. The Morgan fingerprint density at radius 1 is 1.00 bits per heavy atom. The van der Waals surface area contributed by atoms with Crippen LogP contribution in [0.4, 0.5) is 8.78 Å². The van der Waals surface area contributed by atoms with Crippen molar-refractivity contribution >= 4 is 5.97 Å². The van der Waals surface area contributed by atoms with Crippen LogP contribution in [-0.2, 0) is 4.79 Å². The van der Waals surface area contributed by atoms with Crippen LogP contribution in [0, 0.1) is 23.7 Å². The fraction of sp³-hybridized carbons (Fsp3) is 0.609. The highest BCUT2D eigenvalue weighted by Crippen LogP contribution is 2.45. The molecule has 0 radical (unpaired) electrons. The van der Waals surface area contributed by atoms with Crippen LogP contribution >= 0.6 is 0 Å². The molecule has 5 heteroatoms. The summed E-state index contributed by atoms with van der Waals surface area (Å²) in [6.07, 6.45) is 10.5. The highest BCUT2D eigenvalue weighted by molar-refractivity contribution is 5.72. The predicted octanol–water partition coefficient (Wildman–Crippen LogP) is 6.26. The van der Waals surface area contributed by atoms with Crippen molar-refractivity contribution in [3.63, 3.8) is 0 Å². The molecule has 0 saturated heterocycles. The van der Waals surface area contributed by atoms with Crippen LogP contribution in [0.3, 0.4) is 0 Å². The van der Waals surface area contributed by atoms with Gasteiger partial charge in [-0.1, -0.05) is 18.2 Å². The molecular weight excluding hydrogens is 362 g/mol. The third-order valence-corrected chi connectivity index (χ3v) is 6.88. The molecule has 0 spiro atoms. The van der Waals surface area contributed by atoms with Gasteiger partial charge in [0.15, 0.2) is 0 Å². The highest BCUT2D eigenvalue weighted by atomic mass is 19.3. The zero-order valence-corrected chi connectivity index (χ0v) is 16.2. The van der Waals surface area contributed by atoms with E-state index in [0.717, 1.165) is 44.4 Å². The minimum Gasteiger partial charge on any atom is -0.481 e. The Kier molecular flexibility index (Phi) is 7.08. The first-order valence-electron chi connectivity index (χ1n) is 10.4. The molecule has 1 aromatic rings. The third kappa shape index (κ3) is 5.12. The smallest absolute Gasteiger partial charge is 0.387 e. The summed E-state index contributed by atoms with van der Waals surface area (Å²) in [7, 11) is 0. The second kappa shape index (κ2) is 9.53. The van der Waals surface area contributed by atoms with Gasteiger partial charge in [0.2, 0.25) is 0 Å². The Morgan fingerprint density at radius 2 is 1.54 bits per heavy atom. The maximum atomic E-state index is 12.3. The number of carboxylic acid groups (broad SMARTS) is 1. The van der Waals surface area contributed by atoms with Crippen molar-refractivity contribution in [2.75, 3.05) is 0 Å². The van der Waals surface area contributed by atoms with Gasteiger partial charge in [-0.2, -0.15) is 8.78 Å². The molecule has 2 fully saturated rings. The quantitative estimate of drug-likeness (QED) is 0.558. The number of carbonyl (C=O) groups is 1. The van der Waals surface area contributed by atoms with Crippen LogP contribution in [0.2, 0.25) is 0 Å². The zero-order chi connectivity index (χ0) is 20.1. The molecule has 0 heterocycles. The van der Waals surface area contributed by atoms with Crippen molar-refractivity contribution in [1.82, 2.24) is 0 Å². The Labute approximate surface area is 165 Å². The molecular formula is C23H30F2O3. The molecule has 2 aliphatic rings. The van der Waals surface area contributed by atoms with Gasteiger partial charge in [0, 0.05) is 0 Å². The summed E-state index contributed by atoms with van der Waals surface area (Å²) in [5, 5.41) is 9.32. The largest absolute Gasteiger partial charge is 0.481 e. The standard InChI is InChI=1S/C23H30F2O3/c1-2-21(22(26)27)19-9-7-17(8-10-19)15-3-5-16(6-4-15)18-11-13-20(14-12-18)28-23(24)25/h2,11-17,19,21,23H,1,3-10H2,(H,26,27). The number of carboxylic acids is 1. The van der Waals surface area contributed by atoms with E-state index in [0.29, 0.717) is 11.8 Å². The first-order chi connectivity index (χ1) is 13.5. The molecule has 3 nitrogen and oxygen atoms in total. The zero-order valence-electron chi connectivity index (χ0n) is 16.2. The molecule has 1 unspecified atom stereocenters. The summed E-state index contributed by atoms with van der Waals surface area (Å²) in [5.41, 5.74) is 1.21. The average Bonchev–Trinajstić information content (AvgIpc) is 2.69. The van der Waals surface area contributed by atoms with Gasteiger partial charge in [0.05, 0.1) is 5.92 Å². The van der Waals surface area contributed by atoms with E-state index >= 15 is 0 Å². The molecule has 1 N–H and O–H groups in total. The molecule has 1 aromatic carbocycles. The van der Waals surface area contributed by atoms with Crippen molar-refractivity contribution in [3.05, 3.63) is 42.5 Å². The molecule has 28 heavy (non-hydrogen) atoms. The maximum absolute atomic E-state index is 12.3. The van der Waals surface area contributed by atoms with Crippen LogP contribution in [0.15, 0.2) is 36.9 Å². The first kappa shape index (κ1) is 20.8. The normalized spacial score (nSPS) is 29.2. The van der Waals surface area contributed by atoms with Gasteiger partial charge in [-0.3, -0.25) is 4.79 Å². The number of alkyl halides is 2. The van der Waals surface area contributed by atoms with E-state index < -0.39 is 18.5 Å². The van der Waals surface area contributed by atoms with Crippen molar-refractivity contribution in [3.8, 4) is 5.75 Å². The molecule has 154 valence electrons. The van der Waals surface area contributed by atoms with Gasteiger partial charge in [-0.15, -0.1) is 6.58 Å². The minimum absolute atomic E-state index is 0.211. The molecule has 0 aliphatic heterocycles. The lowest BCUT2D eigenvalue weighted by Crippen LogP contribution is -2.30. The summed E-state index contributed by atoms with van der Waals surface area (Å²) in [4.78, 5) is 11.3. The number of ether oxygens (including phenoxy) is 1. The van der Waals surface area contributed by atoms with Gasteiger partial charge in [-0.25, -0.2) is 0 Å². The van der Waals surface area contributed by atoms with E-state index in [9.17, 15) is 18.7 Å². The number of rotatable bonds is 7. The molecule has 3 rings (SSSR count). The summed E-state index contributed by atoms with van der Waals surface area (Å²) in [5.74, 6) is 1.21. The Balaban J connectivity index is 1.47. The highest BCUT2D eigenvalue weighted by Gasteiger charge is 2.34. The summed E-state index contributed by atoms with van der Waals surface area (Å²) in [6, 6.07) is 7.09. The van der Waals surface area contributed by atoms with Crippen LogP contribution in [-0.4, -0.2) is 17.7 Å².